The molecule has 1 aliphatic heterocycles. The summed E-state index contributed by atoms with van der Waals surface area (Å²) in [5, 5.41) is 29.5. The van der Waals surface area contributed by atoms with E-state index >= 15 is 0 Å². The minimum atomic E-state index is -0.974. The van der Waals surface area contributed by atoms with Crippen LogP contribution in [0, 0.1) is 34.5 Å². The lowest BCUT2D eigenvalue weighted by Crippen LogP contribution is -2.74. The number of aromatic nitrogens is 1. The van der Waals surface area contributed by atoms with E-state index in [1.165, 1.54) is 4.90 Å². The largest absolute Gasteiger partial charge is 0.494 e. The molecule has 1 aromatic heterocycles. The van der Waals surface area contributed by atoms with E-state index in [1.54, 1.807) is 53.8 Å². The lowest BCUT2D eigenvalue weighted by molar-refractivity contribution is -0.164. The molecule has 3 aromatic carbocycles. The Morgan fingerprint density at radius 1 is 0.958 bits per heavy atom. The summed E-state index contributed by atoms with van der Waals surface area (Å²) in [6, 6.07) is 19.7. The highest BCUT2D eigenvalue weighted by molar-refractivity contribution is 7.13. The Labute approximate surface area is 427 Å². The smallest absolute Gasteiger partial charge is 0.251 e. The Balaban J connectivity index is 0.910. The summed E-state index contributed by atoms with van der Waals surface area (Å²) >= 11 is 7.82. The van der Waals surface area contributed by atoms with Gasteiger partial charge in [-0.3, -0.25) is 19.2 Å². The van der Waals surface area contributed by atoms with Gasteiger partial charge in [0.05, 0.1) is 45.4 Å². The Hall–Kier alpha value is -5.57. The van der Waals surface area contributed by atoms with Gasteiger partial charge in [0, 0.05) is 54.6 Å². The second-order valence-corrected chi connectivity index (χ2v) is 22.5. The molecule has 2 heterocycles. The number of unbranched alkanes of at least 4 members (excludes halogenated alkanes) is 2. The number of likely N-dealkylation sites (tertiary alicyclic amines) is 1. The van der Waals surface area contributed by atoms with Crippen molar-refractivity contribution < 1.29 is 38.5 Å². The van der Waals surface area contributed by atoms with Gasteiger partial charge >= 0.3 is 0 Å². The van der Waals surface area contributed by atoms with Crippen LogP contribution in [0.15, 0.2) is 72.2 Å². The number of thiazole rings is 1. The molecule has 2 fully saturated rings. The highest BCUT2D eigenvalue weighted by Crippen LogP contribution is 2.55. The first-order chi connectivity index (χ1) is 33.5. The number of nitrogens with one attached hydrogen (secondary N) is 3. The van der Waals surface area contributed by atoms with E-state index in [9.17, 15) is 29.5 Å². The predicted octanol–water partition coefficient (Wildman–Crippen LogP) is 7.73. The third kappa shape index (κ3) is 13.5. The van der Waals surface area contributed by atoms with Crippen molar-refractivity contribution in [1.82, 2.24) is 30.7 Å². The summed E-state index contributed by atoms with van der Waals surface area (Å²) in [6.45, 7) is 16.8. The van der Waals surface area contributed by atoms with E-state index in [0.717, 1.165) is 34.5 Å². The SMILES string of the molecule is Cc1ncsc1-c1ccc([C@@H](CN(C)C)NC(=O)[C@@H]2C[C@@H](O)CN2C(=O)[C@@H](NC(=O)COCCCCCOc2ccc(C(=O)N[C@H]3C(C)(C)[C@H](Oc4ccc(C#N)c(Cl)c4)C3(C)C)cc2)C(C)(C)C)cc1. The van der Waals surface area contributed by atoms with Gasteiger partial charge in [0.2, 0.25) is 17.7 Å². The van der Waals surface area contributed by atoms with E-state index in [4.69, 9.17) is 25.8 Å². The summed E-state index contributed by atoms with van der Waals surface area (Å²) in [6.07, 6.45) is 1.19. The average Bonchev–Trinajstić information content (AvgIpc) is 3.94. The maximum atomic E-state index is 14.2. The first-order valence-corrected chi connectivity index (χ1v) is 25.5. The van der Waals surface area contributed by atoms with Crippen LogP contribution >= 0.6 is 22.9 Å². The second-order valence-electron chi connectivity index (χ2n) is 21.3. The van der Waals surface area contributed by atoms with Crippen molar-refractivity contribution in [2.45, 2.75) is 117 Å². The zero-order chi connectivity index (χ0) is 51.8. The standard InChI is InChI=1S/C54H70ClN7O8S/c1-33-45(71-32-57-33)35-16-14-34(15-17-35)42(30-61(9)10)58-48(66)43-26-38(63)29-62(43)49(67)46(52(2,3)4)59-44(64)31-68-24-12-11-13-25-69-39-21-18-36(19-22-39)47(65)60-50-53(5,6)51(54(50,7)8)70-40-23-20-37(28-56)41(55)27-40/h14-23,27,32,38,42-43,46,50-51,63H,11-13,24-26,29-31H2,1-10H3,(H,58,66)(H,59,64)(H,60,65)/t38-,42-,43+,46-,50-,51-/m1/s1. The lowest BCUT2D eigenvalue weighted by atomic mass is 9.49. The fourth-order valence-electron chi connectivity index (χ4n) is 9.99. The van der Waals surface area contributed by atoms with Gasteiger partial charge in [0.25, 0.3) is 5.91 Å². The number of nitriles is 1. The summed E-state index contributed by atoms with van der Waals surface area (Å²) in [5.41, 5.74) is 4.12. The maximum Gasteiger partial charge on any atom is 0.251 e. The van der Waals surface area contributed by atoms with Crippen LogP contribution in [-0.2, 0) is 19.1 Å². The summed E-state index contributed by atoms with van der Waals surface area (Å²) < 4.78 is 18.0. The lowest BCUT2D eigenvalue weighted by Gasteiger charge is -2.63. The van der Waals surface area contributed by atoms with Crippen LogP contribution in [0.4, 0.5) is 0 Å². The van der Waals surface area contributed by atoms with E-state index in [-0.39, 0.29) is 49.6 Å². The van der Waals surface area contributed by atoms with Gasteiger partial charge in [0.1, 0.15) is 42.4 Å². The number of benzene rings is 3. The number of carbonyl (C=O) groups excluding carboxylic acids is 4. The van der Waals surface area contributed by atoms with Crippen molar-refractivity contribution in [2.24, 2.45) is 16.2 Å². The van der Waals surface area contributed by atoms with Crippen LogP contribution < -0.4 is 25.4 Å². The van der Waals surface area contributed by atoms with Crippen LogP contribution in [0.5, 0.6) is 11.5 Å². The molecule has 4 N–H and O–H groups in total. The third-order valence-electron chi connectivity index (χ3n) is 13.4. The third-order valence-corrected chi connectivity index (χ3v) is 14.7. The van der Waals surface area contributed by atoms with Gasteiger partial charge in [0.15, 0.2) is 0 Å². The molecule has 15 nitrogen and oxygen atoms in total. The van der Waals surface area contributed by atoms with Crippen LogP contribution in [0.2, 0.25) is 5.02 Å². The van der Waals surface area contributed by atoms with Crippen molar-refractivity contribution in [2.75, 3.05) is 47.0 Å². The summed E-state index contributed by atoms with van der Waals surface area (Å²) in [4.78, 5) is 63.6. The van der Waals surface area contributed by atoms with Crippen LogP contribution in [0.25, 0.3) is 10.4 Å². The molecule has 0 spiro atoms. The predicted molar refractivity (Wildman–Crippen MR) is 275 cm³/mol. The van der Waals surface area contributed by atoms with Gasteiger partial charge in [-0.2, -0.15) is 5.26 Å². The number of ether oxygens (including phenoxy) is 3. The summed E-state index contributed by atoms with van der Waals surface area (Å²) in [7, 11) is 3.85. The minimum absolute atomic E-state index is 0.0285. The molecule has 6 rings (SSSR count). The number of hydrogen-bond acceptors (Lipinski definition) is 12. The Kier molecular flexibility index (Phi) is 18.0. The van der Waals surface area contributed by atoms with Crippen molar-refractivity contribution in [3.05, 3.63) is 99.6 Å². The number of amides is 4. The van der Waals surface area contributed by atoms with E-state index in [1.807, 2.05) is 76.5 Å². The molecular formula is C54H70ClN7O8S. The number of halogens is 1. The quantitative estimate of drug-likeness (QED) is 0.0597. The molecule has 0 radical (unpaired) electrons. The molecule has 4 aromatic rings. The van der Waals surface area contributed by atoms with Gasteiger partial charge in [-0.15, -0.1) is 11.3 Å². The molecule has 17 heteroatoms. The molecule has 0 bridgehead atoms. The van der Waals surface area contributed by atoms with Crippen molar-refractivity contribution >= 4 is 46.6 Å². The number of aryl methyl sites for hydroxylation is 1. The zero-order valence-corrected chi connectivity index (χ0v) is 44.2. The highest BCUT2D eigenvalue weighted by Gasteiger charge is 2.64. The molecule has 4 atom stereocenters. The van der Waals surface area contributed by atoms with E-state index in [0.29, 0.717) is 53.8 Å². The van der Waals surface area contributed by atoms with Crippen molar-refractivity contribution in [3.8, 4) is 28.0 Å². The van der Waals surface area contributed by atoms with Gasteiger partial charge < -0.3 is 45.1 Å². The minimum Gasteiger partial charge on any atom is -0.494 e. The van der Waals surface area contributed by atoms with Crippen molar-refractivity contribution in [1.29, 1.82) is 5.26 Å². The Morgan fingerprint density at radius 3 is 2.23 bits per heavy atom. The first-order valence-electron chi connectivity index (χ1n) is 24.2. The number of nitrogens with zero attached hydrogens (tertiary/aromatic N) is 4. The zero-order valence-electron chi connectivity index (χ0n) is 42.6. The topological polar surface area (TPSA) is 195 Å². The normalized spacial score (nSPS) is 20.0. The molecule has 2 aliphatic rings. The Morgan fingerprint density at radius 2 is 1.62 bits per heavy atom. The van der Waals surface area contributed by atoms with Crippen LogP contribution in [0.3, 0.4) is 0 Å². The molecule has 71 heavy (non-hydrogen) atoms. The van der Waals surface area contributed by atoms with Crippen LogP contribution in [0.1, 0.15) is 107 Å². The maximum absolute atomic E-state index is 14.2. The van der Waals surface area contributed by atoms with E-state index < -0.39 is 46.2 Å². The fourth-order valence-corrected chi connectivity index (χ4v) is 11.0. The number of likely N-dealkylation sites (N-methyl/N-ethyl adjacent to an activating group) is 1. The number of β-amino-alcohol motifs (C(OH)–C–C–N with tert-alkyl or cyclic N) is 1. The monoisotopic (exact) mass is 1010 g/mol. The molecule has 4 amide bonds. The fraction of sp³-hybridized carbons (Fsp3) is 0.519. The highest BCUT2D eigenvalue weighted by atomic mass is 35.5. The van der Waals surface area contributed by atoms with E-state index in [2.05, 4.69) is 54.7 Å². The van der Waals surface area contributed by atoms with Crippen LogP contribution in [-0.4, -0.2) is 121 Å². The Bertz CT molecular complexity index is 2520. The number of aliphatic hydroxyl groups is 1. The number of carbonyl (C=O) groups is 4. The van der Waals surface area contributed by atoms with Gasteiger partial charge in [-0.1, -0.05) is 84.3 Å². The molecule has 0 unspecified atom stereocenters. The molecule has 1 saturated carbocycles. The second kappa shape index (κ2) is 23.3. The molecule has 1 aliphatic carbocycles. The molecule has 1 saturated heterocycles. The number of rotatable bonds is 21. The summed E-state index contributed by atoms with van der Waals surface area (Å²) in [5.74, 6) is -0.243. The average molecular weight is 1010 g/mol. The van der Waals surface area contributed by atoms with Gasteiger partial charge in [-0.05, 0) is 93.2 Å². The molecule has 382 valence electrons. The number of hydrogen-bond donors (Lipinski definition) is 4. The first kappa shape index (κ1) is 54.8. The van der Waals surface area contributed by atoms with Gasteiger partial charge in [-0.25, -0.2) is 4.98 Å². The molecular weight excluding hydrogens is 942 g/mol. The van der Waals surface area contributed by atoms with Crippen molar-refractivity contribution in [3.63, 3.8) is 0 Å². The number of aliphatic hydroxyl groups excluding tert-OH is 1.